The molecule has 2 rings (SSSR count). The molecule has 0 aliphatic heterocycles. The van der Waals surface area contributed by atoms with Crippen LogP contribution in [0.3, 0.4) is 0 Å². The molecule has 15 heavy (non-hydrogen) atoms. The minimum Gasteiger partial charge on any atom is -0.289 e. The van der Waals surface area contributed by atoms with Crippen LogP contribution in [-0.4, -0.2) is 16.1 Å². The molecule has 78 valence electrons. The fourth-order valence-corrected chi connectivity index (χ4v) is 2.45. The lowest BCUT2D eigenvalue weighted by Crippen LogP contribution is -2.30. The van der Waals surface area contributed by atoms with Gasteiger partial charge in [-0.05, 0) is 34.1 Å². The summed E-state index contributed by atoms with van der Waals surface area (Å²) >= 11 is 4.92. The molecule has 0 saturated heterocycles. The van der Waals surface area contributed by atoms with Gasteiger partial charge < -0.3 is 0 Å². The molecule has 0 aliphatic carbocycles. The summed E-state index contributed by atoms with van der Waals surface area (Å²) in [5, 5.41) is 6.62. The van der Waals surface area contributed by atoms with Crippen LogP contribution in [0.5, 0.6) is 0 Å². The van der Waals surface area contributed by atoms with Gasteiger partial charge in [0.05, 0.1) is 14.4 Å². The topological polar surface area (TPSA) is 83.8 Å². The highest BCUT2D eigenvalue weighted by Crippen LogP contribution is 2.30. The summed E-state index contributed by atoms with van der Waals surface area (Å²) < 4.78 is 1.02. The number of aromatic nitrogens is 2. The Hall–Kier alpha value is -1.18. The third-order valence-electron chi connectivity index (χ3n) is 1.78. The average Bonchev–Trinajstić information content (AvgIpc) is 2.84. The summed E-state index contributed by atoms with van der Waals surface area (Å²) in [7, 11) is 0. The zero-order chi connectivity index (χ0) is 10.8. The summed E-state index contributed by atoms with van der Waals surface area (Å²) in [4.78, 5) is 12.1. The number of rotatable bonds is 2. The quantitative estimate of drug-likeness (QED) is 0.444. The molecule has 4 N–H and O–H groups in total. The van der Waals surface area contributed by atoms with Crippen LogP contribution >= 0.6 is 27.3 Å². The van der Waals surface area contributed by atoms with Gasteiger partial charge in [0.2, 0.25) is 0 Å². The van der Waals surface area contributed by atoms with Crippen molar-refractivity contribution in [3.63, 3.8) is 0 Å². The van der Waals surface area contributed by atoms with Crippen LogP contribution in [0.1, 0.15) is 10.5 Å². The van der Waals surface area contributed by atoms with E-state index in [-0.39, 0.29) is 5.69 Å². The maximum Gasteiger partial charge on any atom is 0.285 e. The van der Waals surface area contributed by atoms with Crippen molar-refractivity contribution >= 4 is 33.2 Å². The van der Waals surface area contributed by atoms with Gasteiger partial charge in [0.15, 0.2) is 5.69 Å². The number of nitrogens with two attached hydrogens (primary N) is 1. The first kappa shape index (κ1) is 10.3. The number of hydrogen-bond donors (Lipinski definition) is 3. The fraction of sp³-hybridized carbons (Fsp3) is 0. The number of carbonyl (C=O) groups excluding carboxylic acids is 1. The van der Waals surface area contributed by atoms with Gasteiger partial charge in [-0.3, -0.25) is 15.3 Å². The predicted molar refractivity (Wildman–Crippen MR) is 61.3 cm³/mol. The van der Waals surface area contributed by atoms with Crippen LogP contribution in [0.25, 0.3) is 10.6 Å². The lowest BCUT2D eigenvalue weighted by Gasteiger charge is -1.90. The molecule has 0 radical (unpaired) electrons. The van der Waals surface area contributed by atoms with E-state index in [4.69, 9.17) is 5.84 Å². The van der Waals surface area contributed by atoms with Gasteiger partial charge in [0, 0.05) is 0 Å². The molecule has 5 nitrogen and oxygen atoms in total. The summed E-state index contributed by atoms with van der Waals surface area (Å²) in [5.74, 6) is 4.59. The van der Waals surface area contributed by atoms with Crippen LogP contribution in [-0.2, 0) is 0 Å². The largest absolute Gasteiger partial charge is 0.289 e. The van der Waals surface area contributed by atoms with Crippen LogP contribution in [0, 0.1) is 0 Å². The lowest BCUT2D eigenvalue weighted by molar-refractivity contribution is 0.0948. The molecule has 2 heterocycles. The van der Waals surface area contributed by atoms with Crippen molar-refractivity contribution in [2.75, 3.05) is 0 Å². The Bertz CT molecular complexity index is 492. The van der Waals surface area contributed by atoms with E-state index in [1.165, 1.54) is 0 Å². The highest BCUT2D eigenvalue weighted by molar-refractivity contribution is 9.11. The highest BCUT2D eigenvalue weighted by Gasteiger charge is 2.10. The minimum atomic E-state index is -0.409. The second kappa shape index (κ2) is 4.13. The van der Waals surface area contributed by atoms with Crippen molar-refractivity contribution in [3.8, 4) is 10.6 Å². The first-order chi connectivity index (χ1) is 7.20. The Balaban J connectivity index is 2.31. The number of hydrazine groups is 1. The normalized spacial score (nSPS) is 10.3. The van der Waals surface area contributed by atoms with Crippen molar-refractivity contribution < 1.29 is 4.79 Å². The van der Waals surface area contributed by atoms with E-state index in [1.807, 2.05) is 17.6 Å². The monoisotopic (exact) mass is 286 g/mol. The van der Waals surface area contributed by atoms with Crippen LogP contribution < -0.4 is 11.3 Å². The Morgan fingerprint density at radius 3 is 3.00 bits per heavy atom. The third kappa shape index (κ3) is 2.09. The maximum atomic E-state index is 11.1. The second-order valence-electron chi connectivity index (χ2n) is 2.74. The Morgan fingerprint density at radius 2 is 2.40 bits per heavy atom. The number of hydrogen-bond acceptors (Lipinski definition) is 4. The number of amides is 1. The summed E-state index contributed by atoms with van der Waals surface area (Å²) in [6, 6.07) is 5.52. The molecule has 1 amide bonds. The van der Waals surface area contributed by atoms with Gasteiger partial charge in [-0.2, -0.15) is 5.10 Å². The van der Waals surface area contributed by atoms with E-state index in [9.17, 15) is 4.79 Å². The van der Waals surface area contributed by atoms with Gasteiger partial charge in [0.1, 0.15) is 0 Å². The number of aromatic amines is 1. The van der Waals surface area contributed by atoms with Crippen molar-refractivity contribution in [1.82, 2.24) is 15.6 Å². The predicted octanol–water partition coefficient (Wildman–Crippen LogP) is 1.50. The Labute approximate surface area is 97.8 Å². The number of thiophene rings is 1. The van der Waals surface area contributed by atoms with E-state index in [2.05, 4.69) is 26.1 Å². The molecule has 7 heteroatoms. The molecular formula is C8H7BrN4OS. The van der Waals surface area contributed by atoms with E-state index in [0.29, 0.717) is 0 Å². The van der Waals surface area contributed by atoms with Gasteiger partial charge >= 0.3 is 0 Å². The smallest absolute Gasteiger partial charge is 0.285 e. The second-order valence-corrected chi connectivity index (χ2v) is 5.21. The molecule has 0 saturated carbocycles. The maximum absolute atomic E-state index is 11.1. The Kier molecular flexibility index (Phi) is 2.85. The van der Waals surface area contributed by atoms with Crippen LogP contribution in [0.4, 0.5) is 0 Å². The first-order valence-corrected chi connectivity index (χ1v) is 5.63. The molecule has 0 fully saturated rings. The number of nitrogens with one attached hydrogen (secondary N) is 2. The van der Waals surface area contributed by atoms with Crippen molar-refractivity contribution in [2.24, 2.45) is 5.84 Å². The summed E-state index contributed by atoms with van der Waals surface area (Å²) in [6.07, 6.45) is 0. The summed E-state index contributed by atoms with van der Waals surface area (Å²) in [5.41, 5.74) is 3.09. The Morgan fingerprint density at radius 1 is 1.60 bits per heavy atom. The number of H-pyrrole nitrogens is 1. The molecular weight excluding hydrogens is 280 g/mol. The number of nitrogen functional groups attached to an aromatic ring is 1. The third-order valence-corrected chi connectivity index (χ3v) is 3.44. The van der Waals surface area contributed by atoms with E-state index < -0.39 is 5.91 Å². The van der Waals surface area contributed by atoms with E-state index in [1.54, 1.807) is 17.4 Å². The minimum absolute atomic E-state index is 0.275. The van der Waals surface area contributed by atoms with E-state index >= 15 is 0 Å². The first-order valence-electron chi connectivity index (χ1n) is 4.03. The number of halogens is 1. The zero-order valence-electron chi connectivity index (χ0n) is 7.45. The molecule has 0 spiro atoms. The molecule has 0 unspecified atom stereocenters. The molecule has 0 atom stereocenters. The number of carbonyl (C=O) groups is 1. The molecule has 0 aliphatic rings. The lowest BCUT2D eigenvalue weighted by atomic mass is 10.3. The molecule has 0 aromatic carbocycles. The number of nitrogens with zero attached hydrogens (tertiary/aromatic N) is 1. The van der Waals surface area contributed by atoms with Gasteiger partial charge in [0.25, 0.3) is 5.91 Å². The van der Waals surface area contributed by atoms with Gasteiger partial charge in [-0.15, -0.1) is 11.3 Å². The van der Waals surface area contributed by atoms with Crippen molar-refractivity contribution in [3.05, 3.63) is 27.7 Å². The molecule has 2 aromatic rings. The summed E-state index contributed by atoms with van der Waals surface area (Å²) in [6.45, 7) is 0. The molecule has 2 aromatic heterocycles. The van der Waals surface area contributed by atoms with Crippen LogP contribution in [0.15, 0.2) is 22.0 Å². The van der Waals surface area contributed by atoms with Crippen LogP contribution in [0.2, 0.25) is 0 Å². The standard InChI is InChI=1S/C8H7BrN4OS/c9-7-2-1-6(15-7)4-3-5(13-12-4)8(14)11-10/h1-3H,10H2,(H,11,14)(H,12,13). The van der Waals surface area contributed by atoms with Gasteiger partial charge in [-0.1, -0.05) is 0 Å². The zero-order valence-corrected chi connectivity index (χ0v) is 9.85. The van der Waals surface area contributed by atoms with Crippen molar-refractivity contribution in [2.45, 2.75) is 0 Å². The fourth-order valence-electron chi connectivity index (χ4n) is 1.10. The SMILES string of the molecule is NNC(=O)c1cc(-c2ccc(Br)s2)[nH]n1. The highest BCUT2D eigenvalue weighted by atomic mass is 79.9. The molecule has 0 bridgehead atoms. The van der Waals surface area contributed by atoms with Crippen molar-refractivity contribution in [1.29, 1.82) is 0 Å². The average molecular weight is 287 g/mol. The van der Waals surface area contributed by atoms with E-state index in [0.717, 1.165) is 14.4 Å². The van der Waals surface area contributed by atoms with Gasteiger partial charge in [-0.25, -0.2) is 5.84 Å².